The molecule has 0 saturated heterocycles. The zero-order chi connectivity index (χ0) is 14.1. The Balaban J connectivity index is 1.66. The largest absolute Gasteiger partial charge is 0.384 e. The fourth-order valence-electron chi connectivity index (χ4n) is 2.76. The van der Waals surface area contributed by atoms with E-state index in [1.54, 1.807) is 11.3 Å². The minimum Gasteiger partial charge on any atom is -0.384 e. The maximum absolute atomic E-state index is 4.50. The number of fused-ring (bicyclic) bond motifs is 1. The topological polar surface area (TPSA) is 37.0 Å². The number of nitrogens with one attached hydrogen (secondary N) is 2. The third-order valence-corrected chi connectivity index (χ3v) is 5.08. The van der Waals surface area contributed by atoms with Gasteiger partial charge in [0.1, 0.15) is 0 Å². The lowest BCUT2D eigenvalue weighted by Gasteiger charge is -2.13. The first-order chi connectivity index (χ1) is 9.63. The Morgan fingerprint density at radius 1 is 1.40 bits per heavy atom. The monoisotopic (exact) mass is 287 g/mol. The van der Waals surface area contributed by atoms with E-state index in [0.29, 0.717) is 6.04 Å². The first-order valence-corrected chi connectivity index (χ1v) is 7.98. The highest BCUT2D eigenvalue weighted by atomic mass is 32.1. The van der Waals surface area contributed by atoms with Gasteiger partial charge in [-0.25, -0.2) is 4.98 Å². The summed E-state index contributed by atoms with van der Waals surface area (Å²) in [6.45, 7) is 8.34. The summed E-state index contributed by atoms with van der Waals surface area (Å²) >= 11 is 1.79. The van der Waals surface area contributed by atoms with E-state index in [1.165, 1.54) is 21.7 Å². The van der Waals surface area contributed by atoms with Crippen molar-refractivity contribution < 1.29 is 0 Å². The second-order valence-corrected chi connectivity index (χ2v) is 6.69. The van der Waals surface area contributed by atoms with Gasteiger partial charge in [0.05, 0.1) is 10.7 Å². The molecular weight excluding hydrogens is 266 g/mol. The van der Waals surface area contributed by atoms with Gasteiger partial charge in [0.25, 0.3) is 0 Å². The van der Waals surface area contributed by atoms with Crippen LogP contribution in [0.25, 0.3) is 0 Å². The average molecular weight is 287 g/mol. The van der Waals surface area contributed by atoms with Crippen LogP contribution in [0.15, 0.2) is 18.2 Å². The molecule has 1 unspecified atom stereocenters. The van der Waals surface area contributed by atoms with Gasteiger partial charge in [-0.3, -0.25) is 0 Å². The zero-order valence-electron chi connectivity index (χ0n) is 12.3. The van der Waals surface area contributed by atoms with Crippen LogP contribution in [0.5, 0.6) is 0 Å². The van der Waals surface area contributed by atoms with Crippen molar-refractivity contribution >= 4 is 17.0 Å². The molecule has 106 valence electrons. The molecule has 1 atom stereocenters. The smallest absolute Gasteiger partial charge is 0.0900 e. The Morgan fingerprint density at radius 2 is 2.25 bits per heavy atom. The summed E-state index contributed by atoms with van der Waals surface area (Å²) < 4.78 is 0. The first-order valence-electron chi connectivity index (χ1n) is 7.16. The van der Waals surface area contributed by atoms with Crippen molar-refractivity contribution in [3.8, 4) is 0 Å². The summed E-state index contributed by atoms with van der Waals surface area (Å²) in [5.74, 6) is 0. The van der Waals surface area contributed by atoms with Crippen molar-refractivity contribution in [1.82, 2.24) is 10.3 Å². The van der Waals surface area contributed by atoms with Gasteiger partial charge < -0.3 is 10.6 Å². The van der Waals surface area contributed by atoms with Crippen molar-refractivity contribution in [2.75, 3.05) is 11.9 Å². The number of thiazole rings is 1. The zero-order valence-corrected chi connectivity index (χ0v) is 13.1. The fourth-order valence-corrected chi connectivity index (χ4v) is 3.71. The molecule has 1 aliphatic heterocycles. The molecule has 0 saturated carbocycles. The summed E-state index contributed by atoms with van der Waals surface area (Å²) in [5.41, 5.74) is 5.24. The molecule has 0 radical (unpaired) electrons. The quantitative estimate of drug-likeness (QED) is 0.902. The normalized spacial score (nSPS) is 14.9. The highest BCUT2D eigenvalue weighted by molar-refractivity contribution is 7.11. The van der Waals surface area contributed by atoms with Crippen LogP contribution in [-0.4, -0.2) is 11.5 Å². The Kier molecular flexibility index (Phi) is 3.76. The van der Waals surface area contributed by atoms with E-state index in [0.717, 1.165) is 30.2 Å². The van der Waals surface area contributed by atoms with Crippen LogP contribution >= 0.6 is 11.3 Å². The lowest BCUT2D eigenvalue weighted by molar-refractivity contribution is 0.579. The molecule has 3 nitrogen and oxygen atoms in total. The number of benzene rings is 1. The van der Waals surface area contributed by atoms with Gasteiger partial charge in [-0.05, 0) is 44.4 Å². The third kappa shape index (κ3) is 2.72. The number of aromatic nitrogens is 1. The molecule has 20 heavy (non-hydrogen) atoms. The minimum atomic E-state index is 0.349. The molecule has 4 heteroatoms. The lowest BCUT2D eigenvalue weighted by atomic mass is 10.1. The molecule has 2 aromatic rings. The van der Waals surface area contributed by atoms with E-state index in [9.17, 15) is 0 Å². The van der Waals surface area contributed by atoms with Gasteiger partial charge in [-0.2, -0.15) is 0 Å². The van der Waals surface area contributed by atoms with E-state index in [2.05, 4.69) is 54.6 Å². The number of anilines is 1. The molecule has 1 aliphatic rings. The summed E-state index contributed by atoms with van der Waals surface area (Å²) in [6.07, 6.45) is 1.15. The molecule has 0 spiro atoms. The summed E-state index contributed by atoms with van der Waals surface area (Å²) in [4.78, 5) is 5.85. The molecule has 1 aromatic heterocycles. The number of hydrogen-bond donors (Lipinski definition) is 2. The van der Waals surface area contributed by atoms with Crippen LogP contribution in [0.4, 0.5) is 5.69 Å². The second-order valence-electron chi connectivity index (χ2n) is 5.45. The van der Waals surface area contributed by atoms with Gasteiger partial charge in [0.15, 0.2) is 0 Å². The maximum atomic E-state index is 4.50. The lowest BCUT2D eigenvalue weighted by Crippen LogP contribution is -2.18. The molecule has 2 heterocycles. The number of aryl methyl sites for hydroxylation is 2. The highest BCUT2D eigenvalue weighted by Gasteiger charge is 2.13. The van der Waals surface area contributed by atoms with Crippen LogP contribution in [0.1, 0.15) is 39.7 Å². The van der Waals surface area contributed by atoms with Gasteiger partial charge >= 0.3 is 0 Å². The Hall–Kier alpha value is -1.39. The number of rotatable bonds is 4. The molecule has 1 aromatic carbocycles. The highest BCUT2D eigenvalue weighted by Crippen LogP contribution is 2.26. The van der Waals surface area contributed by atoms with Crippen LogP contribution in [0.3, 0.4) is 0 Å². The predicted octanol–water partition coefficient (Wildman–Crippen LogP) is 3.58. The minimum absolute atomic E-state index is 0.349. The van der Waals surface area contributed by atoms with Gasteiger partial charge in [0, 0.05) is 29.7 Å². The van der Waals surface area contributed by atoms with Crippen LogP contribution in [0, 0.1) is 13.8 Å². The Labute approximate surface area is 124 Å². The Morgan fingerprint density at radius 3 is 3.00 bits per heavy atom. The van der Waals surface area contributed by atoms with Crippen molar-refractivity contribution in [2.45, 2.75) is 39.8 Å². The summed E-state index contributed by atoms with van der Waals surface area (Å²) in [6, 6.07) is 7.10. The van der Waals surface area contributed by atoms with Gasteiger partial charge in [-0.1, -0.05) is 12.1 Å². The fraction of sp³-hybridized carbons (Fsp3) is 0.438. The van der Waals surface area contributed by atoms with Gasteiger partial charge in [-0.15, -0.1) is 11.3 Å². The average Bonchev–Trinajstić information content (AvgIpc) is 3.01. The predicted molar refractivity (Wildman–Crippen MR) is 85.5 cm³/mol. The first kappa shape index (κ1) is 13.6. The van der Waals surface area contributed by atoms with Crippen LogP contribution in [0.2, 0.25) is 0 Å². The van der Waals surface area contributed by atoms with Crippen molar-refractivity contribution in [3.63, 3.8) is 0 Å². The molecular formula is C16H21N3S. The maximum Gasteiger partial charge on any atom is 0.0900 e. The van der Waals surface area contributed by atoms with Crippen molar-refractivity contribution in [2.24, 2.45) is 0 Å². The molecule has 3 rings (SSSR count). The molecule has 0 fully saturated rings. The Bertz CT molecular complexity index is 618. The van der Waals surface area contributed by atoms with E-state index < -0.39 is 0 Å². The van der Waals surface area contributed by atoms with Crippen molar-refractivity contribution in [1.29, 1.82) is 0 Å². The third-order valence-electron chi connectivity index (χ3n) is 3.83. The molecule has 0 aliphatic carbocycles. The van der Waals surface area contributed by atoms with E-state index in [1.807, 2.05) is 0 Å². The van der Waals surface area contributed by atoms with E-state index >= 15 is 0 Å². The van der Waals surface area contributed by atoms with E-state index in [-0.39, 0.29) is 0 Å². The van der Waals surface area contributed by atoms with Gasteiger partial charge in [0.2, 0.25) is 0 Å². The van der Waals surface area contributed by atoms with Crippen molar-refractivity contribution in [3.05, 3.63) is 44.9 Å². The molecule has 0 bridgehead atoms. The SMILES string of the molecule is Cc1nc(C)c(C(C)NCc2ccc3c(c2)NCC3)s1. The van der Waals surface area contributed by atoms with E-state index in [4.69, 9.17) is 0 Å². The van der Waals surface area contributed by atoms with Crippen LogP contribution < -0.4 is 10.6 Å². The molecule has 0 amide bonds. The number of nitrogens with zero attached hydrogens (tertiary/aromatic N) is 1. The van der Waals surface area contributed by atoms with Crippen LogP contribution in [-0.2, 0) is 13.0 Å². The summed E-state index contributed by atoms with van der Waals surface area (Å²) in [7, 11) is 0. The standard InChI is InChI=1S/C16H21N3S/c1-10(16-11(2)19-12(3)20-16)18-9-13-4-5-14-6-7-17-15(14)8-13/h4-5,8,10,17-18H,6-7,9H2,1-3H3. The molecule has 2 N–H and O–H groups in total. The second kappa shape index (κ2) is 5.54. The summed E-state index contributed by atoms with van der Waals surface area (Å²) in [5, 5.41) is 8.19. The number of hydrogen-bond acceptors (Lipinski definition) is 4.